The number of hydrogen-bond donors (Lipinski definition) is 1. The number of likely N-dealkylation sites (tertiary alicyclic amines) is 1. The van der Waals surface area contributed by atoms with Crippen LogP contribution in [0.2, 0.25) is 0 Å². The van der Waals surface area contributed by atoms with Gasteiger partial charge in [0.2, 0.25) is 0 Å². The van der Waals surface area contributed by atoms with E-state index in [2.05, 4.69) is 34.4 Å². The molecule has 0 bridgehead atoms. The van der Waals surface area contributed by atoms with E-state index in [9.17, 15) is 0 Å². The molecule has 1 aliphatic heterocycles. The van der Waals surface area contributed by atoms with Gasteiger partial charge in [-0.05, 0) is 58.5 Å². The molecule has 1 aromatic heterocycles. The third-order valence-electron chi connectivity index (χ3n) is 3.47. The van der Waals surface area contributed by atoms with Crippen molar-refractivity contribution in [2.75, 3.05) is 20.1 Å². The minimum absolute atomic E-state index is 0.655. The summed E-state index contributed by atoms with van der Waals surface area (Å²) in [6.45, 7) is 5.39. The molecule has 0 aliphatic carbocycles. The second kappa shape index (κ2) is 6.12. The highest BCUT2D eigenvalue weighted by Gasteiger charge is 2.14. The molecule has 2 heterocycles. The maximum Gasteiger partial charge on any atom is 0.0544 e. The second-order valence-electron chi connectivity index (χ2n) is 5.08. The van der Waals surface area contributed by atoms with Crippen LogP contribution in [0.4, 0.5) is 0 Å². The Morgan fingerprint density at radius 3 is 3.06 bits per heavy atom. The summed E-state index contributed by atoms with van der Waals surface area (Å²) in [7, 11) is 2.21. The molecule has 1 aromatic rings. The van der Waals surface area contributed by atoms with Gasteiger partial charge in [0.25, 0.3) is 0 Å². The van der Waals surface area contributed by atoms with E-state index in [0.717, 1.165) is 17.9 Å². The average Bonchev–Trinajstić information content (AvgIpc) is 2.52. The van der Waals surface area contributed by atoms with Crippen LogP contribution < -0.4 is 5.32 Å². The quantitative estimate of drug-likeness (QED) is 0.865. The van der Waals surface area contributed by atoms with Crippen molar-refractivity contribution in [3.05, 3.63) is 29.6 Å². The lowest BCUT2D eigenvalue weighted by Crippen LogP contribution is -2.30. The fraction of sp³-hybridized carbons (Fsp3) is 0.643. The standard InChI is InChI=1S/C14H23N3/c1-12-5-3-6-14(16-12)11-15-13-7-4-9-17(2)10-8-13/h3,5-6,13,15H,4,7-11H2,1-2H3. The van der Waals surface area contributed by atoms with Gasteiger partial charge in [0.15, 0.2) is 0 Å². The van der Waals surface area contributed by atoms with E-state index in [-0.39, 0.29) is 0 Å². The summed E-state index contributed by atoms with van der Waals surface area (Å²) in [4.78, 5) is 6.95. The SMILES string of the molecule is Cc1cccc(CNC2CCCN(C)CC2)n1. The maximum atomic E-state index is 4.52. The van der Waals surface area contributed by atoms with E-state index in [4.69, 9.17) is 0 Å². The average molecular weight is 233 g/mol. The third kappa shape index (κ3) is 4.10. The molecule has 3 nitrogen and oxygen atoms in total. The first kappa shape index (κ1) is 12.5. The molecular weight excluding hydrogens is 210 g/mol. The fourth-order valence-electron chi connectivity index (χ4n) is 2.39. The van der Waals surface area contributed by atoms with Gasteiger partial charge in [-0.1, -0.05) is 6.07 Å². The first-order chi connectivity index (χ1) is 8.24. The summed E-state index contributed by atoms with van der Waals surface area (Å²) < 4.78 is 0. The van der Waals surface area contributed by atoms with Crippen LogP contribution in [0.25, 0.3) is 0 Å². The predicted octanol–water partition coefficient (Wildman–Crippen LogP) is 1.96. The predicted molar refractivity (Wildman–Crippen MR) is 70.9 cm³/mol. The number of nitrogens with one attached hydrogen (secondary N) is 1. The molecule has 0 aromatic carbocycles. The molecular formula is C14H23N3. The zero-order chi connectivity index (χ0) is 12.1. The zero-order valence-corrected chi connectivity index (χ0v) is 10.9. The summed E-state index contributed by atoms with van der Waals surface area (Å²) in [6.07, 6.45) is 3.84. The number of aromatic nitrogens is 1. The van der Waals surface area contributed by atoms with Crippen LogP contribution in [0.1, 0.15) is 30.7 Å². The van der Waals surface area contributed by atoms with Crippen LogP contribution in [-0.2, 0) is 6.54 Å². The van der Waals surface area contributed by atoms with E-state index in [0.29, 0.717) is 6.04 Å². The van der Waals surface area contributed by atoms with Gasteiger partial charge in [0.1, 0.15) is 0 Å². The van der Waals surface area contributed by atoms with E-state index in [1.165, 1.54) is 32.4 Å². The highest BCUT2D eigenvalue weighted by molar-refractivity contribution is 5.09. The number of rotatable bonds is 3. The fourth-order valence-corrected chi connectivity index (χ4v) is 2.39. The van der Waals surface area contributed by atoms with Crippen molar-refractivity contribution < 1.29 is 0 Å². The van der Waals surface area contributed by atoms with Crippen LogP contribution in [0.3, 0.4) is 0 Å². The van der Waals surface area contributed by atoms with Crippen molar-refractivity contribution in [3.8, 4) is 0 Å². The lowest BCUT2D eigenvalue weighted by Gasteiger charge is -2.16. The summed E-state index contributed by atoms with van der Waals surface area (Å²) in [6, 6.07) is 6.88. The minimum Gasteiger partial charge on any atom is -0.308 e. The Kier molecular flexibility index (Phi) is 4.51. The molecule has 0 spiro atoms. The van der Waals surface area contributed by atoms with Gasteiger partial charge in [-0.15, -0.1) is 0 Å². The second-order valence-corrected chi connectivity index (χ2v) is 5.08. The molecule has 1 fully saturated rings. The van der Waals surface area contributed by atoms with Crippen molar-refractivity contribution in [1.82, 2.24) is 15.2 Å². The first-order valence-corrected chi connectivity index (χ1v) is 6.58. The van der Waals surface area contributed by atoms with Crippen LogP contribution in [0.5, 0.6) is 0 Å². The number of pyridine rings is 1. The van der Waals surface area contributed by atoms with E-state index in [1.54, 1.807) is 0 Å². The molecule has 1 N–H and O–H groups in total. The Balaban J connectivity index is 1.81. The highest BCUT2D eigenvalue weighted by atomic mass is 15.1. The van der Waals surface area contributed by atoms with E-state index < -0.39 is 0 Å². The van der Waals surface area contributed by atoms with E-state index in [1.807, 2.05) is 13.0 Å². The molecule has 17 heavy (non-hydrogen) atoms. The van der Waals surface area contributed by atoms with Crippen molar-refractivity contribution in [2.45, 2.75) is 38.8 Å². The smallest absolute Gasteiger partial charge is 0.0544 e. The molecule has 0 radical (unpaired) electrons. The normalized spacial score (nSPS) is 22.4. The van der Waals surface area contributed by atoms with Crippen molar-refractivity contribution >= 4 is 0 Å². The topological polar surface area (TPSA) is 28.2 Å². The van der Waals surface area contributed by atoms with Crippen molar-refractivity contribution in [2.24, 2.45) is 0 Å². The Labute approximate surface area is 104 Å². The number of aryl methyl sites for hydroxylation is 1. The Morgan fingerprint density at radius 2 is 2.24 bits per heavy atom. The third-order valence-corrected chi connectivity index (χ3v) is 3.47. The lowest BCUT2D eigenvalue weighted by molar-refractivity contribution is 0.343. The molecule has 0 amide bonds. The summed E-state index contributed by atoms with van der Waals surface area (Å²) >= 11 is 0. The van der Waals surface area contributed by atoms with Crippen molar-refractivity contribution in [3.63, 3.8) is 0 Å². The monoisotopic (exact) mass is 233 g/mol. The summed E-state index contributed by atoms with van der Waals surface area (Å²) in [5.41, 5.74) is 2.26. The largest absolute Gasteiger partial charge is 0.308 e. The van der Waals surface area contributed by atoms with Gasteiger partial charge in [-0.2, -0.15) is 0 Å². The molecule has 1 unspecified atom stereocenters. The number of hydrogen-bond acceptors (Lipinski definition) is 3. The Bertz CT molecular complexity index is 351. The van der Waals surface area contributed by atoms with Crippen LogP contribution >= 0.6 is 0 Å². The van der Waals surface area contributed by atoms with Gasteiger partial charge in [-0.3, -0.25) is 4.98 Å². The first-order valence-electron chi connectivity index (χ1n) is 6.58. The maximum absolute atomic E-state index is 4.52. The van der Waals surface area contributed by atoms with Crippen LogP contribution in [0, 0.1) is 6.92 Å². The zero-order valence-electron chi connectivity index (χ0n) is 10.9. The molecule has 3 heteroatoms. The van der Waals surface area contributed by atoms with Crippen LogP contribution in [0.15, 0.2) is 18.2 Å². The molecule has 94 valence electrons. The van der Waals surface area contributed by atoms with Gasteiger partial charge < -0.3 is 10.2 Å². The van der Waals surface area contributed by atoms with Gasteiger partial charge in [-0.25, -0.2) is 0 Å². The molecule has 1 atom stereocenters. The van der Waals surface area contributed by atoms with E-state index >= 15 is 0 Å². The van der Waals surface area contributed by atoms with Crippen LogP contribution in [-0.4, -0.2) is 36.1 Å². The molecule has 1 saturated heterocycles. The highest BCUT2D eigenvalue weighted by Crippen LogP contribution is 2.10. The molecule has 2 rings (SSSR count). The Hall–Kier alpha value is -0.930. The molecule has 1 aliphatic rings. The lowest BCUT2D eigenvalue weighted by atomic mass is 10.1. The number of nitrogens with zero attached hydrogens (tertiary/aromatic N) is 2. The molecule has 0 saturated carbocycles. The Morgan fingerprint density at radius 1 is 1.35 bits per heavy atom. The van der Waals surface area contributed by atoms with Gasteiger partial charge >= 0.3 is 0 Å². The summed E-state index contributed by atoms with van der Waals surface area (Å²) in [5, 5.41) is 3.64. The van der Waals surface area contributed by atoms with Gasteiger partial charge in [0, 0.05) is 18.3 Å². The van der Waals surface area contributed by atoms with Gasteiger partial charge in [0.05, 0.1) is 5.69 Å². The summed E-state index contributed by atoms with van der Waals surface area (Å²) in [5.74, 6) is 0. The minimum atomic E-state index is 0.655. The van der Waals surface area contributed by atoms with Crippen molar-refractivity contribution in [1.29, 1.82) is 0 Å².